The predicted molar refractivity (Wildman–Crippen MR) is 108 cm³/mol. The lowest BCUT2D eigenvalue weighted by Gasteiger charge is -2.17. The Bertz CT molecular complexity index is 893. The van der Waals surface area contributed by atoms with E-state index in [-0.39, 0.29) is 16.9 Å². The van der Waals surface area contributed by atoms with Gasteiger partial charge in [-0.15, -0.1) is 11.8 Å². The molecule has 0 bridgehead atoms. The average molecular weight is 401 g/mol. The number of ether oxygens (including phenoxy) is 1. The van der Waals surface area contributed by atoms with Crippen LogP contribution in [-0.2, 0) is 0 Å². The molecule has 0 spiro atoms. The van der Waals surface area contributed by atoms with Gasteiger partial charge in [-0.1, -0.05) is 23.7 Å². The maximum Gasteiger partial charge on any atom is 0.164 e. The van der Waals surface area contributed by atoms with Crippen LogP contribution in [0.25, 0.3) is 0 Å². The van der Waals surface area contributed by atoms with Gasteiger partial charge in [0.25, 0.3) is 0 Å². The summed E-state index contributed by atoms with van der Waals surface area (Å²) in [6, 6.07) is 20.8. The van der Waals surface area contributed by atoms with Gasteiger partial charge in [-0.3, -0.25) is 4.79 Å². The van der Waals surface area contributed by atoms with Crippen molar-refractivity contribution in [3.05, 3.63) is 94.8 Å². The molecule has 0 fully saturated rings. The first-order valence-corrected chi connectivity index (χ1v) is 9.66. The summed E-state index contributed by atoms with van der Waals surface area (Å²) in [5.74, 6) is 0.432. The fourth-order valence-electron chi connectivity index (χ4n) is 2.65. The van der Waals surface area contributed by atoms with Gasteiger partial charge in [0.1, 0.15) is 11.6 Å². The van der Waals surface area contributed by atoms with Crippen LogP contribution >= 0.6 is 23.4 Å². The molecule has 138 valence electrons. The number of halogens is 2. The Morgan fingerprint density at radius 3 is 2.22 bits per heavy atom. The van der Waals surface area contributed by atoms with Crippen LogP contribution in [0.15, 0.2) is 77.7 Å². The fraction of sp³-hybridized carbons (Fsp3) is 0.136. The van der Waals surface area contributed by atoms with Crippen LogP contribution in [0.4, 0.5) is 4.39 Å². The molecule has 0 aliphatic carbocycles. The van der Waals surface area contributed by atoms with E-state index in [1.165, 1.54) is 12.1 Å². The van der Waals surface area contributed by atoms with Gasteiger partial charge in [-0.2, -0.15) is 0 Å². The zero-order valence-electron chi connectivity index (χ0n) is 14.7. The molecule has 0 heterocycles. The molecule has 0 radical (unpaired) electrons. The number of thioether (sulfide) groups is 1. The first-order valence-electron chi connectivity index (χ1n) is 8.40. The van der Waals surface area contributed by atoms with Crippen molar-refractivity contribution in [2.24, 2.45) is 0 Å². The van der Waals surface area contributed by atoms with Gasteiger partial charge in [0.2, 0.25) is 0 Å². The molecule has 0 aliphatic heterocycles. The van der Waals surface area contributed by atoms with E-state index in [0.717, 1.165) is 10.5 Å². The number of carbonyl (C=O) groups is 1. The minimum Gasteiger partial charge on any atom is -0.497 e. The minimum atomic E-state index is -0.296. The van der Waals surface area contributed by atoms with Crippen molar-refractivity contribution in [2.75, 3.05) is 7.11 Å². The quantitative estimate of drug-likeness (QED) is 0.330. The summed E-state index contributed by atoms with van der Waals surface area (Å²) >= 11 is 7.52. The number of ketones is 1. The zero-order chi connectivity index (χ0) is 19.2. The number of methoxy groups -OCH3 is 1. The maximum atomic E-state index is 13.3. The van der Waals surface area contributed by atoms with Crippen LogP contribution < -0.4 is 4.74 Å². The summed E-state index contributed by atoms with van der Waals surface area (Å²) in [6.07, 6.45) is 0.297. The molecule has 3 aromatic rings. The van der Waals surface area contributed by atoms with Crippen molar-refractivity contribution in [2.45, 2.75) is 16.6 Å². The molecular formula is C22H18ClFO2S. The van der Waals surface area contributed by atoms with E-state index in [2.05, 4.69) is 0 Å². The summed E-state index contributed by atoms with van der Waals surface area (Å²) in [5, 5.41) is 0.522. The standard InChI is InChI=1S/C22H18ClFO2S/c1-26-19-10-4-15(5-11-19)21(25)14-22(16-2-8-18(24)9-3-16)27-20-12-6-17(23)7-13-20/h2-13,22H,14H2,1H3. The van der Waals surface area contributed by atoms with E-state index in [1.54, 1.807) is 55.3 Å². The Balaban J connectivity index is 1.82. The van der Waals surface area contributed by atoms with Crippen molar-refractivity contribution >= 4 is 29.1 Å². The predicted octanol–water partition coefficient (Wildman–Crippen LogP) is 6.59. The van der Waals surface area contributed by atoms with E-state index in [1.807, 2.05) is 24.3 Å². The second-order valence-electron chi connectivity index (χ2n) is 5.97. The van der Waals surface area contributed by atoms with Crippen molar-refractivity contribution < 1.29 is 13.9 Å². The molecule has 0 saturated heterocycles. The molecule has 3 aromatic carbocycles. The average Bonchev–Trinajstić information content (AvgIpc) is 2.70. The summed E-state index contributed by atoms with van der Waals surface area (Å²) in [5.41, 5.74) is 1.53. The van der Waals surface area contributed by atoms with E-state index in [9.17, 15) is 9.18 Å². The third-order valence-corrected chi connectivity index (χ3v) is 5.64. The van der Waals surface area contributed by atoms with Crippen molar-refractivity contribution in [3.63, 3.8) is 0 Å². The normalized spacial score (nSPS) is 11.8. The number of Topliss-reactive ketones (excluding diaryl/α,β-unsaturated/α-hetero) is 1. The number of hydrogen-bond acceptors (Lipinski definition) is 3. The highest BCUT2D eigenvalue weighted by Crippen LogP contribution is 2.39. The Morgan fingerprint density at radius 1 is 1.00 bits per heavy atom. The molecule has 0 saturated carbocycles. The van der Waals surface area contributed by atoms with E-state index >= 15 is 0 Å². The lowest BCUT2D eigenvalue weighted by molar-refractivity contribution is 0.0982. The van der Waals surface area contributed by atoms with Gasteiger partial charge in [0.05, 0.1) is 7.11 Å². The Morgan fingerprint density at radius 2 is 1.63 bits per heavy atom. The third kappa shape index (κ3) is 5.34. The molecular weight excluding hydrogens is 383 g/mol. The third-order valence-electron chi connectivity index (χ3n) is 4.12. The Hall–Kier alpha value is -2.30. The van der Waals surface area contributed by atoms with Crippen molar-refractivity contribution in [3.8, 4) is 5.75 Å². The van der Waals surface area contributed by atoms with Crippen LogP contribution in [-0.4, -0.2) is 12.9 Å². The van der Waals surface area contributed by atoms with Crippen LogP contribution in [0.3, 0.4) is 0 Å². The molecule has 1 unspecified atom stereocenters. The summed E-state index contributed by atoms with van der Waals surface area (Å²) < 4.78 is 18.5. The van der Waals surface area contributed by atoms with Gasteiger partial charge in [0.15, 0.2) is 5.78 Å². The molecule has 3 rings (SSSR count). The molecule has 0 N–H and O–H groups in total. The van der Waals surface area contributed by atoms with Crippen molar-refractivity contribution in [1.29, 1.82) is 0 Å². The number of carbonyl (C=O) groups excluding carboxylic acids is 1. The molecule has 2 nitrogen and oxygen atoms in total. The molecule has 1 atom stereocenters. The number of hydrogen-bond donors (Lipinski definition) is 0. The second kappa shape index (κ2) is 9.07. The largest absolute Gasteiger partial charge is 0.497 e. The van der Waals surface area contributed by atoms with Gasteiger partial charge < -0.3 is 4.74 Å². The van der Waals surface area contributed by atoms with E-state index in [0.29, 0.717) is 22.8 Å². The smallest absolute Gasteiger partial charge is 0.164 e. The number of rotatable bonds is 7. The first-order chi connectivity index (χ1) is 13.0. The van der Waals surface area contributed by atoms with Gasteiger partial charge in [0, 0.05) is 27.2 Å². The lowest BCUT2D eigenvalue weighted by Crippen LogP contribution is -2.05. The van der Waals surface area contributed by atoms with Gasteiger partial charge in [-0.25, -0.2) is 4.39 Å². The molecule has 0 aliphatic rings. The zero-order valence-corrected chi connectivity index (χ0v) is 16.3. The fourth-order valence-corrected chi connectivity index (χ4v) is 3.92. The van der Waals surface area contributed by atoms with E-state index < -0.39 is 0 Å². The molecule has 27 heavy (non-hydrogen) atoms. The summed E-state index contributed by atoms with van der Waals surface area (Å²) in [4.78, 5) is 13.8. The van der Waals surface area contributed by atoms with Crippen LogP contribution in [0, 0.1) is 5.82 Å². The first kappa shape index (κ1) is 19.5. The Kier molecular flexibility index (Phi) is 6.54. The SMILES string of the molecule is COc1ccc(C(=O)CC(Sc2ccc(Cl)cc2)c2ccc(F)cc2)cc1. The molecule has 5 heteroatoms. The highest BCUT2D eigenvalue weighted by Gasteiger charge is 2.19. The van der Waals surface area contributed by atoms with Crippen LogP contribution in [0.2, 0.25) is 5.02 Å². The Labute approximate surface area is 167 Å². The minimum absolute atomic E-state index is 0.0217. The highest BCUT2D eigenvalue weighted by atomic mass is 35.5. The number of benzene rings is 3. The maximum absolute atomic E-state index is 13.3. The van der Waals surface area contributed by atoms with Crippen LogP contribution in [0.1, 0.15) is 27.6 Å². The topological polar surface area (TPSA) is 26.3 Å². The van der Waals surface area contributed by atoms with Gasteiger partial charge >= 0.3 is 0 Å². The van der Waals surface area contributed by atoms with E-state index in [4.69, 9.17) is 16.3 Å². The van der Waals surface area contributed by atoms with Gasteiger partial charge in [-0.05, 0) is 66.2 Å². The molecule has 0 aromatic heterocycles. The monoisotopic (exact) mass is 400 g/mol. The van der Waals surface area contributed by atoms with Crippen LogP contribution in [0.5, 0.6) is 5.75 Å². The summed E-state index contributed by atoms with van der Waals surface area (Å²) in [7, 11) is 1.59. The second-order valence-corrected chi connectivity index (χ2v) is 7.68. The lowest BCUT2D eigenvalue weighted by atomic mass is 10.0. The molecule has 0 amide bonds. The van der Waals surface area contributed by atoms with Crippen molar-refractivity contribution in [1.82, 2.24) is 0 Å². The summed E-state index contributed by atoms with van der Waals surface area (Å²) in [6.45, 7) is 0. The highest BCUT2D eigenvalue weighted by molar-refractivity contribution is 7.99.